The summed E-state index contributed by atoms with van der Waals surface area (Å²) in [5.74, 6) is 0. The quantitative estimate of drug-likeness (QED) is 0.309. The van der Waals surface area contributed by atoms with E-state index in [0.717, 1.165) is 19.3 Å². The van der Waals surface area contributed by atoms with E-state index in [1.165, 1.54) is 25.7 Å². The first-order chi connectivity index (χ1) is 7.12. The minimum atomic E-state index is -3.97. The monoisotopic (exact) mass is 258 g/mol. The molecule has 0 aliphatic rings. The molecule has 5 heteroatoms. The summed E-state index contributed by atoms with van der Waals surface area (Å²) in [6.07, 6.45) is 7.91. The minimum absolute atomic E-state index is 0.217. The largest absolute Gasteiger partial charge is 0.381 e. The Morgan fingerprint density at radius 3 is 2.20 bits per heavy atom. The predicted molar refractivity (Wildman–Crippen MR) is 63.4 cm³/mol. The molecular formula is C10H21ClFO2P. The van der Waals surface area contributed by atoms with Gasteiger partial charge in [-0.3, -0.25) is 4.57 Å². The summed E-state index contributed by atoms with van der Waals surface area (Å²) in [5, 5.41) is 0. The van der Waals surface area contributed by atoms with Gasteiger partial charge in [-0.15, -0.1) is 11.6 Å². The number of rotatable bonds is 10. The average molecular weight is 259 g/mol. The molecule has 0 radical (unpaired) electrons. The Hall–Kier alpha value is 0.410. The van der Waals surface area contributed by atoms with Gasteiger partial charge in [-0.1, -0.05) is 45.4 Å². The molecule has 1 atom stereocenters. The molecule has 0 aromatic heterocycles. The summed E-state index contributed by atoms with van der Waals surface area (Å²) in [6, 6.07) is 0. The highest BCUT2D eigenvalue weighted by molar-refractivity contribution is 7.55. The van der Waals surface area contributed by atoms with Crippen molar-refractivity contribution in [3.05, 3.63) is 0 Å². The maximum atomic E-state index is 12.7. The fourth-order valence-corrected chi connectivity index (χ4v) is 1.97. The smallest absolute Gasteiger partial charge is 0.305 e. The summed E-state index contributed by atoms with van der Waals surface area (Å²) in [6.45, 7) is 2.40. The van der Waals surface area contributed by atoms with E-state index in [0.29, 0.717) is 0 Å². The lowest BCUT2D eigenvalue weighted by Gasteiger charge is -2.06. The van der Waals surface area contributed by atoms with Gasteiger partial charge in [0.2, 0.25) is 0 Å². The van der Waals surface area contributed by atoms with Gasteiger partial charge in [-0.05, 0) is 6.42 Å². The number of halogens is 2. The molecule has 0 saturated heterocycles. The van der Waals surface area contributed by atoms with Crippen molar-refractivity contribution in [3.8, 4) is 0 Å². The molecule has 92 valence electrons. The van der Waals surface area contributed by atoms with Crippen LogP contribution >= 0.6 is 19.3 Å². The Labute approximate surface area is 97.1 Å². The number of hydrogen-bond donors (Lipinski definition) is 0. The van der Waals surface area contributed by atoms with Crippen molar-refractivity contribution >= 4 is 19.3 Å². The number of unbranched alkanes of at least 4 members (excludes halogenated alkanes) is 6. The first-order valence-corrected chi connectivity index (χ1v) is 7.85. The van der Waals surface area contributed by atoms with Crippen LogP contribution in [0.15, 0.2) is 0 Å². The van der Waals surface area contributed by atoms with Gasteiger partial charge in [0.25, 0.3) is 0 Å². The lowest BCUT2D eigenvalue weighted by Crippen LogP contribution is -1.91. The van der Waals surface area contributed by atoms with Crippen LogP contribution in [0.3, 0.4) is 0 Å². The molecule has 1 unspecified atom stereocenters. The normalized spacial score (nSPS) is 15.1. The molecule has 0 aliphatic carbocycles. The summed E-state index contributed by atoms with van der Waals surface area (Å²) in [4.78, 5) is 0. The van der Waals surface area contributed by atoms with Gasteiger partial charge >= 0.3 is 7.68 Å². The average Bonchev–Trinajstić information content (AvgIpc) is 2.22. The van der Waals surface area contributed by atoms with Gasteiger partial charge < -0.3 is 4.52 Å². The summed E-state index contributed by atoms with van der Waals surface area (Å²) < 4.78 is 28.0. The van der Waals surface area contributed by atoms with Crippen LogP contribution in [0, 0.1) is 0 Å². The molecule has 0 amide bonds. The Morgan fingerprint density at radius 2 is 1.67 bits per heavy atom. The van der Waals surface area contributed by atoms with Crippen LogP contribution in [-0.4, -0.2) is 12.2 Å². The molecule has 15 heavy (non-hydrogen) atoms. The molecule has 0 saturated carbocycles. The molecule has 2 nitrogen and oxygen atoms in total. The van der Waals surface area contributed by atoms with E-state index in [-0.39, 0.29) is 6.61 Å². The van der Waals surface area contributed by atoms with E-state index in [1.807, 2.05) is 0 Å². The van der Waals surface area contributed by atoms with Crippen molar-refractivity contribution in [2.45, 2.75) is 51.9 Å². The van der Waals surface area contributed by atoms with E-state index in [9.17, 15) is 8.76 Å². The van der Waals surface area contributed by atoms with Crippen LogP contribution in [0.5, 0.6) is 0 Å². The SMILES string of the molecule is CCCCCCCCCOP(=O)(F)CCl. The fourth-order valence-electron chi connectivity index (χ4n) is 1.29. The zero-order valence-electron chi connectivity index (χ0n) is 9.38. The third kappa shape index (κ3) is 10.7. The number of hydrogen-bond acceptors (Lipinski definition) is 2. The highest BCUT2D eigenvalue weighted by Crippen LogP contribution is 2.49. The van der Waals surface area contributed by atoms with Gasteiger partial charge in [0, 0.05) is 0 Å². The zero-order valence-corrected chi connectivity index (χ0v) is 11.0. The van der Waals surface area contributed by atoms with Crippen molar-refractivity contribution < 1.29 is 13.3 Å². The molecule has 0 spiro atoms. The van der Waals surface area contributed by atoms with Crippen LogP contribution in [0.4, 0.5) is 4.20 Å². The topological polar surface area (TPSA) is 26.3 Å². The van der Waals surface area contributed by atoms with Crippen LogP contribution in [-0.2, 0) is 9.09 Å². The third-order valence-corrected chi connectivity index (χ3v) is 3.89. The first-order valence-electron chi connectivity index (χ1n) is 5.61. The van der Waals surface area contributed by atoms with Gasteiger partial charge in [-0.2, -0.15) is 4.20 Å². The highest BCUT2D eigenvalue weighted by atomic mass is 35.5. The van der Waals surface area contributed by atoms with Crippen molar-refractivity contribution in [2.24, 2.45) is 0 Å². The fraction of sp³-hybridized carbons (Fsp3) is 1.00. The molecule has 0 heterocycles. The predicted octanol–water partition coefficient (Wildman–Crippen LogP) is 5.11. The molecule has 0 fully saturated rings. The van der Waals surface area contributed by atoms with E-state index in [1.54, 1.807) is 0 Å². The maximum Gasteiger partial charge on any atom is 0.381 e. The molecule has 0 N–H and O–H groups in total. The van der Waals surface area contributed by atoms with Crippen molar-refractivity contribution in [2.75, 3.05) is 12.2 Å². The standard InChI is InChI=1S/C10H21ClFO2P/c1-2-3-4-5-6-7-8-9-14-15(12,13)10-11/h2-10H2,1H3. The molecule has 0 aromatic carbocycles. The van der Waals surface area contributed by atoms with E-state index >= 15 is 0 Å². The molecule has 0 aromatic rings. The second-order valence-corrected chi connectivity index (χ2v) is 6.06. The van der Waals surface area contributed by atoms with Crippen LogP contribution < -0.4 is 0 Å². The van der Waals surface area contributed by atoms with Gasteiger partial charge in [0.1, 0.15) is 5.62 Å². The third-order valence-electron chi connectivity index (χ3n) is 2.17. The van der Waals surface area contributed by atoms with Crippen molar-refractivity contribution in [1.82, 2.24) is 0 Å². The molecular weight excluding hydrogens is 238 g/mol. The Morgan fingerprint density at radius 1 is 1.13 bits per heavy atom. The Balaban J connectivity index is 3.15. The molecule has 0 aliphatic heterocycles. The summed E-state index contributed by atoms with van der Waals surface area (Å²) >= 11 is 5.13. The summed E-state index contributed by atoms with van der Waals surface area (Å²) in [7, 11) is -3.97. The van der Waals surface area contributed by atoms with Gasteiger partial charge in [0.15, 0.2) is 0 Å². The Bertz CT molecular complexity index is 190. The van der Waals surface area contributed by atoms with Gasteiger partial charge in [0.05, 0.1) is 6.61 Å². The van der Waals surface area contributed by atoms with E-state index in [4.69, 9.17) is 11.6 Å². The second kappa shape index (κ2) is 9.62. The van der Waals surface area contributed by atoms with Crippen LogP contribution in [0.2, 0.25) is 0 Å². The first kappa shape index (κ1) is 15.4. The van der Waals surface area contributed by atoms with Crippen LogP contribution in [0.1, 0.15) is 51.9 Å². The lowest BCUT2D eigenvalue weighted by molar-refractivity contribution is 0.280. The highest BCUT2D eigenvalue weighted by Gasteiger charge is 2.19. The van der Waals surface area contributed by atoms with Crippen molar-refractivity contribution in [1.29, 1.82) is 0 Å². The Kier molecular flexibility index (Phi) is 9.89. The minimum Gasteiger partial charge on any atom is -0.305 e. The molecule has 0 bridgehead atoms. The lowest BCUT2D eigenvalue weighted by atomic mass is 10.1. The van der Waals surface area contributed by atoms with Crippen molar-refractivity contribution in [3.63, 3.8) is 0 Å². The summed E-state index contributed by atoms with van der Waals surface area (Å²) in [5.41, 5.74) is -0.538. The molecule has 0 rings (SSSR count). The van der Waals surface area contributed by atoms with E-state index < -0.39 is 13.3 Å². The second-order valence-electron chi connectivity index (χ2n) is 3.66. The number of alkyl halides is 1. The van der Waals surface area contributed by atoms with Gasteiger partial charge in [-0.25, -0.2) is 0 Å². The van der Waals surface area contributed by atoms with E-state index in [2.05, 4.69) is 11.4 Å². The maximum absolute atomic E-state index is 12.7. The zero-order chi connectivity index (χ0) is 11.6. The van der Waals surface area contributed by atoms with Crippen LogP contribution in [0.25, 0.3) is 0 Å².